The first-order chi connectivity index (χ1) is 11.5. The highest BCUT2D eigenvalue weighted by Crippen LogP contribution is 2.33. The van der Waals surface area contributed by atoms with Crippen LogP contribution in [-0.4, -0.2) is 44.4 Å². The van der Waals surface area contributed by atoms with Gasteiger partial charge < -0.3 is 18.8 Å². The molecule has 1 fully saturated rings. The van der Waals surface area contributed by atoms with Gasteiger partial charge in [-0.1, -0.05) is 0 Å². The van der Waals surface area contributed by atoms with Gasteiger partial charge in [0.25, 0.3) is 5.91 Å². The molecular formula is C16H15NO6S. The van der Waals surface area contributed by atoms with Crippen LogP contribution in [0.5, 0.6) is 11.5 Å². The maximum absolute atomic E-state index is 12.4. The molecule has 4 rings (SSSR count). The Kier molecular flexibility index (Phi) is 3.49. The lowest BCUT2D eigenvalue weighted by molar-refractivity contribution is 0.0658. The van der Waals surface area contributed by atoms with E-state index in [0.717, 1.165) is 0 Å². The molecule has 0 radical (unpaired) electrons. The largest absolute Gasteiger partial charge is 0.468 e. The number of rotatable bonds is 4. The van der Waals surface area contributed by atoms with E-state index in [0.29, 0.717) is 22.8 Å². The van der Waals surface area contributed by atoms with Gasteiger partial charge in [-0.15, -0.1) is 0 Å². The topological polar surface area (TPSA) is 86.0 Å². The molecule has 126 valence electrons. The average Bonchev–Trinajstić information content (AvgIpc) is 3.14. The molecule has 1 amide bonds. The zero-order valence-electron chi connectivity index (χ0n) is 12.7. The summed E-state index contributed by atoms with van der Waals surface area (Å²) < 4.78 is 40.2. The Labute approximate surface area is 138 Å². The van der Waals surface area contributed by atoms with Crippen molar-refractivity contribution in [2.45, 2.75) is 11.0 Å². The Hall–Kier alpha value is -2.48. The predicted octanol–water partition coefficient (Wildman–Crippen LogP) is 1.45. The average molecular weight is 349 g/mol. The minimum Gasteiger partial charge on any atom is -0.468 e. The van der Waals surface area contributed by atoms with E-state index in [4.69, 9.17) is 13.9 Å². The molecule has 0 spiro atoms. The van der Waals surface area contributed by atoms with Crippen molar-refractivity contribution >= 4 is 15.7 Å². The number of hydrogen-bond donors (Lipinski definition) is 0. The molecule has 0 saturated carbocycles. The van der Waals surface area contributed by atoms with Gasteiger partial charge in [0.1, 0.15) is 11.5 Å². The molecule has 0 bridgehead atoms. The van der Waals surface area contributed by atoms with Gasteiger partial charge in [0.15, 0.2) is 21.3 Å². The molecule has 7 nitrogen and oxygen atoms in total. The lowest BCUT2D eigenvalue weighted by Gasteiger charge is -2.38. The molecule has 2 aliphatic heterocycles. The smallest absolute Gasteiger partial charge is 0.254 e. The molecule has 2 aliphatic rings. The van der Waals surface area contributed by atoms with Crippen LogP contribution in [0, 0.1) is 0 Å². The maximum Gasteiger partial charge on any atom is 0.254 e. The molecule has 8 heteroatoms. The molecule has 0 atom stereocenters. The summed E-state index contributed by atoms with van der Waals surface area (Å²) in [5, 5.41) is -0.555. The zero-order valence-corrected chi connectivity index (χ0v) is 13.5. The van der Waals surface area contributed by atoms with Crippen molar-refractivity contribution in [2.75, 3.05) is 19.9 Å². The summed E-state index contributed by atoms with van der Waals surface area (Å²) in [7, 11) is -3.34. The summed E-state index contributed by atoms with van der Waals surface area (Å²) in [4.78, 5) is 13.9. The highest BCUT2D eigenvalue weighted by molar-refractivity contribution is 7.91. The standard InChI is InChI=1S/C16H15NO6S/c18-16(11-3-4-14-15(6-11)23-10-22-14)17-7-13(8-17)24(19,20)9-12-2-1-5-21-12/h1-6,13H,7-10H2. The Morgan fingerprint density at radius 1 is 1.17 bits per heavy atom. The molecule has 0 aliphatic carbocycles. The highest BCUT2D eigenvalue weighted by atomic mass is 32.2. The lowest BCUT2D eigenvalue weighted by Crippen LogP contribution is -2.57. The van der Waals surface area contributed by atoms with Crippen LogP contribution in [0.4, 0.5) is 0 Å². The number of sulfone groups is 1. The number of carbonyl (C=O) groups excluding carboxylic acids is 1. The fourth-order valence-corrected chi connectivity index (χ4v) is 4.36. The summed E-state index contributed by atoms with van der Waals surface area (Å²) in [6, 6.07) is 8.24. The molecule has 0 unspecified atom stereocenters. The number of furan rings is 1. The van der Waals surface area contributed by atoms with Crippen molar-refractivity contribution in [2.24, 2.45) is 0 Å². The Balaban J connectivity index is 1.41. The van der Waals surface area contributed by atoms with Crippen LogP contribution in [0.25, 0.3) is 0 Å². The second-order valence-electron chi connectivity index (χ2n) is 5.79. The molecule has 3 heterocycles. The van der Waals surface area contributed by atoms with Crippen LogP contribution >= 0.6 is 0 Å². The van der Waals surface area contributed by atoms with E-state index >= 15 is 0 Å². The molecule has 1 aromatic heterocycles. The minimum atomic E-state index is -3.34. The van der Waals surface area contributed by atoms with Crippen molar-refractivity contribution in [3.05, 3.63) is 47.9 Å². The maximum atomic E-state index is 12.4. The van der Waals surface area contributed by atoms with Gasteiger partial charge in [0.2, 0.25) is 6.79 Å². The fraction of sp³-hybridized carbons (Fsp3) is 0.312. The van der Waals surface area contributed by atoms with Gasteiger partial charge in [0.05, 0.1) is 11.5 Å². The number of ether oxygens (including phenoxy) is 2. The fourth-order valence-electron chi connectivity index (χ4n) is 2.75. The normalized spacial score (nSPS) is 16.9. The SMILES string of the molecule is O=C(c1ccc2c(c1)OCO2)N1CC(S(=O)(=O)Cc2ccco2)C1. The van der Waals surface area contributed by atoms with Crippen molar-refractivity contribution in [1.29, 1.82) is 0 Å². The van der Waals surface area contributed by atoms with E-state index in [1.165, 1.54) is 11.2 Å². The number of amides is 1. The second kappa shape index (κ2) is 5.55. The summed E-state index contributed by atoms with van der Waals surface area (Å²) in [6.07, 6.45) is 1.45. The first-order valence-electron chi connectivity index (χ1n) is 7.46. The van der Waals surface area contributed by atoms with Gasteiger partial charge >= 0.3 is 0 Å². The van der Waals surface area contributed by atoms with Gasteiger partial charge in [-0.2, -0.15) is 0 Å². The number of hydrogen-bond acceptors (Lipinski definition) is 6. The van der Waals surface area contributed by atoms with Gasteiger partial charge in [-0.3, -0.25) is 4.79 Å². The highest BCUT2D eigenvalue weighted by Gasteiger charge is 2.40. The monoisotopic (exact) mass is 349 g/mol. The van der Waals surface area contributed by atoms with Crippen LogP contribution in [0.3, 0.4) is 0 Å². The number of fused-ring (bicyclic) bond motifs is 1. The van der Waals surface area contributed by atoms with Crippen molar-refractivity contribution in [1.82, 2.24) is 4.90 Å². The van der Waals surface area contributed by atoms with Crippen LogP contribution in [0.15, 0.2) is 41.0 Å². The van der Waals surface area contributed by atoms with E-state index in [1.807, 2.05) is 0 Å². The quantitative estimate of drug-likeness (QED) is 0.830. The number of nitrogens with zero attached hydrogens (tertiary/aromatic N) is 1. The molecular weight excluding hydrogens is 334 g/mol. The first-order valence-corrected chi connectivity index (χ1v) is 9.17. The van der Waals surface area contributed by atoms with E-state index < -0.39 is 15.1 Å². The second-order valence-corrected chi connectivity index (χ2v) is 8.07. The summed E-state index contributed by atoms with van der Waals surface area (Å²) in [6.45, 7) is 0.524. The van der Waals surface area contributed by atoms with E-state index in [2.05, 4.69) is 0 Å². The molecule has 24 heavy (non-hydrogen) atoms. The van der Waals surface area contributed by atoms with Crippen LogP contribution in [0.1, 0.15) is 16.1 Å². The third-order valence-electron chi connectivity index (χ3n) is 4.19. The minimum absolute atomic E-state index is 0.142. The summed E-state index contributed by atoms with van der Waals surface area (Å²) in [5.74, 6) is 1.20. The van der Waals surface area contributed by atoms with Crippen LogP contribution in [-0.2, 0) is 15.6 Å². The van der Waals surface area contributed by atoms with E-state index in [9.17, 15) is 13.2 Å². The van der Waals surface area contributed by atoms with Crippen molar-refractivity contribution in [3.63, 3.8) is 0 Å². The number of likely N-dealkylation sites (tertiary alicyclic amines) is 1. The third kappa shape index (κ3) is 2.62. The Morgan fingerprint density at radius 3 is 2.71 bits per heavy atom. The molecule has 1 aromatic carbocycles. The lowest BCUT2D eigenvalue weighted by atomic mass is 10.1. The number of carbonyl (C=O) groups is 1. The van der Waals surface area contributed by atoms with Gasteiger partial charge in [-0.25, -0.2) is 8.42 Å². The Morgan fingerprint density at radius 2 is 1.96 bits per heavy atom. The number of benzene rings is 1. The Bertz CT molecular complexity index is 868. The van der Waals surface area contributed by atoms with Crippen LogP contribution < -0.4 is 9.47 Å². The van der Waals surface area contributed by atoms with Crippen LogP contribution in [0.2, 0.25) is 0 Å². The van der Waals surface area contributed by atoms with E-state index in [1.54, 1.807) is 30.3 Å². The predicted molar refractivity (Wildman–Crippen MR) is 83.6 cm³/mol. The van der Waals surface area contributed by atoms with Crippen molar-refractivity contribution in [3.8, 4) is 11.5 Å². The summed E-state index contributed by atoms with van der Waals surface area (Å²) in [5.41, 5.74) is 0.459. The molecule has 0 N–H and O–H groups in total. The molecule has 1 saturated heterocycles. The van der Waals surface area contributed by atoms with Gasteiger partial charge in [-0.05, 0) is 30.3 Å². The van der Waals surface area contributed by atoms with E-state index in [-0.39, 0.29) is 31.5 Å². The third-order valence-corrected chi connectivity index (χ3v) is 6.19. The zero-order chi connectivity index (χ0) is 16.7. The van der Waals surface area contributed by atoms with Crippen molar-refractivity contribution < 1.29 is 27.1 Å². The first kappa shape index (κ1) is 15.1. The molecule has 2 aromatic rings. The summed E-state index contributed by atoms with van der Waals surface area (Å²) >= 11 is 0. The van der Waals surface area contributed by atoms with Gasteiger partial charge in [0, 0.05) is 18.7 Å².